The van der Waals surface area contributed by atoms with Crippen molar-refractivity contribution in [2.24, 2.45) is 5.92 Å². The lowest BCUT2D eigenvalue weighted by Gasteiger charge is -2.17. The molecule has 2 rings (SSSR count). The molecule has 2 unspecified atom stereocenters. The molecule has 1 aromatic rings. The maximum Gasteiger partial charge on any atom is 0.121 e. The van der Waals surface area contributed by atoms with Crippen molar-refractivity contribution in [2.75, 3.05) is 13.2 Å². The topological polar surface area (TPSA) is 41.5 Å². The SMILES string of the molecule is CC(NCC(O)COc1ccc(Cl)c(Cl)c1)C1CC1. The van der Waals surface area contributed by atoms with E-state index in [1.807, 2.05) is 0 Å². The molecule has 1 aliphatic carbocycles. The minimum absolute atomic E-state index is 0.238. The van der Waals surface area contributed by atoms with Crippen molar-refractivity contribution in [3.8, 4) is 5.75 Å². The third-order valence-corrected chi connectivity index (χ3v) is 4.08. The molecule has 5 heteroatoms. The quantitative estimate of drug-likeness (QED) is 0.813. The van der Waals surface area contributed by atoms with Crippen molar-refractivity contribution in [3.63, 3.8) is 0 Å². The Morgan fingerprint density at radius 1 is 1.37 bits per heavy atom. The molecule has 1 fully saturated rings. The van der Waals surface area contributed by atoms with Crippen molar-refractivity contribution in [1.82, 2.24) is 5.32 Å². The molecule has 106 valence electrons. The Morgan fingerprint density at radius 3 is 2.74 bits per heavy atom. The Morgan fingerprint density at radius 2 is 2.11 bits per heavy atom. The van der Waals surface area contributed by atoms with Crippen LogP contribution in [0.1, 0.15) is 19.8 Å². The first-order chi connectivity index (χ1) is 9.06. The molecule has 1 saturated carbocycles. The van der Waals surface area contributed by atoms with Crippen molar-refractivity contribution >= 4 is 23.2 Å². The number of benzene rings is 1. The average molecular weight is 304 g/mol. The maximum absolute atomic E-state index is 9.84. The van der Waals surface area contributed by atoms with Crippen LogP contribution in [0.2, 0.25) is 10.0 Å². The standard InChI is InChI=1S/C14H19Cl2NO2/c1-9(10-2-3-10)17-7-11(18)8-19-12-4-5-13(15)14(16)6-12/h4-6,9-11,17-18H,2-3,7-8H2,1H3. The summed E-state index contributed by atoms with van der Waals surface area (Å²) in [5.41, 5.74) is 0. The van der Waals surface area contributed by atoms with Gasteiger partial charge in [-0.3, -0.25) is 0 Å². The lowest BCUT2D eigenvalue weighted by molar-refractivity contribution is 0.103. The Labute approximate surface area is 123 Å². The van der Waals surface area contributed by atoms with Crippen LogP contribution >= 0.6 is 23.2 Å². The van der Waals surface area contributed by atoms with Gasteiger partial charge < -0.3 is 15.2 Å². The van der Waals surface area contributed by atoms with Crippen LogP contribution in [0.3, 0.4) is 0 Å². The van der Waals surface area contributed by atoms with Crippen LogP contribution in [0, 0.1) is 5.92 Å². The highest BCUT2D eigenvalue weighted by atomic mass is 35.5. The van der Waals surface area contributed by atoms with Crippen LogP contribution in [-0.4, -0.2) is 30.4 Å². The molecule has 0 aromatic heterocycles. The predicted molar refractivity (Wildman–Crippen MR) is 78.2 cm³/mol. The summed E-state index contributed by atoms with van der Waals surface area (Å²) in [6.45, 7) is 2.94. The fraction of sp³-hybridized carbons (Fsp3) is 0.571. The second-order valence-electron chi connectivity index (χ2n) is 5.08. The molecule has 0 bridgehead atoms. The van der Waals surface area contributed by atoms with Crippen LogP contribution in [0.4, 0.5) is 0 Å². The zero-order valence-electron chi connectivity index (χ0n) is 10.9. The number of nitrogens with one attached hydrogen (secondary N) is 1. The Balaban J connectivity index is 1.70. The molecule has 2 N–H and O–H groups in total. The molecule has 1 aliphatic rings. The Hall–Kier alpha value is -0.480. The smallest absolute Gasteiger partial charge is 0.121 e. The highest BCUT2D eigenvalue weighted by molar-refractivity contribution is 6.42. The third-order valence-electron chi connectivity index (χ3n) is 3.34. The lowest BCUT2D eigenvalue weighted by atomic mass is 10.2. The minimum Gasteiger partial charge on any atom is -0.491 e. The molecule has 0 heterocycles. The van der Waals surface area contributed by atoms with E-state index in [0.29, 0.717) is 28.4 Å². The van der Waals surface area contributed by atoms with Crippen molar-refractivity contribution < 1.29 is 9.84 Å². The summed E-state index contributed by atoms with van der Waals surface area (Å²) in [5, 5.41) is 14.1. The number of rotatable bonds is 7. The molecule has 0 saturated heterocycles. The molecule has 3 nitrogen and oxygen atoms in total. The van der Waals surface area contributed by atoms with Crippen molar-refractivity contribution in [3.05, 3.63) is 28.2 Å². The van der Waals surface area contributed by atoms with Gasteiger partial charge in [-0.1, -0.05) is 23.2 Å². The molecule has 19 heavy (non-hydrogen) atoms. The van der Waals surface area contributed by atoms with Gasteiger partial charge in [0.1, 0.15) is 18.5 Å². The number of aliphatic hydroxyl groups excluding tert-OH is 1. The largest absolute Gasteiger partial charge is 0.491 e. The second kappa shape index (κ2) is 6.80. The van der Waals surface area contributed by atoms with Crippen LogP contribution in [0.25, 0.3) is 0 Å². The molecule has 0 spiro atoms. The number of hydrogen-bond donors (Lipinski definition) is 2. The number of hydrogen-bond acceptors (Lipinski definition) is 3. The normalized spacial score (nSPS) is 18.1. The van der Waals surface area contributed by atoms with Gasteiger partial charge in [-0.25, -0.2) is 0 Å². The summed E-state index contributed by atoms with van der Waals surface area (Å²) >= 11 is 11.7. The molecule has 0 amide bonds. The maximum atomic E-state index is 9.84. The summed E-state index contributed by atoms with van der Waals surface area (Å²) in [4.78, 5) is 0. The van der Waals surface area contributed by atoms with E-state index in [1.165, 1.54) is 12.8 Å². The summed E-state index contributed by atoms with van der Waals surface area (Å²) in [7, 11) is 0. The zero-order valence-corrected chi connectivity index (χ0v) is 12.4. The number of ether oxygens (including phenoxy) is 1. The van der Waals surface area contributed by atoms with Gasteiger partial charge in [-0.2, -0.15) is 0 Å². The van der Waals surface area contributed by atoms with E-state index < -0.39 is 6.10 Å². The van der Waals surface area contributed by atoms with Gasteiger partial charge in [0, 0.05) is 18.7 Å². The van der Waals surface area contributed by atoms with Crippen LogP contribution in [0.5, 0.6) is 5.75 Å². The van der Waals surface area contributed by atoms with Gasteiger partial charge in [0.2, 0.25) is 0 Å². The first-order valence-electron chi connectivity index (χ1n) is 6.55. The number of halogens is 2. The van der Waals surface area contributed by atoms with E-state index in [0.717, 1.165) is 5.92 Å². The monoisotopic (exact) mass is 303 g/mol. The minimum atomic E-state index is -0.532. The summed E-state index contributed by atoms with van der Waals surface area (Å²) in [5.74, 6) is 1.40. The summed E-state index contributed by atoms with van der Waals surface area (Å²) in [6, 6.07) is 5.54. The van der Waals surface area contributed by atoms with Gasteiger partial charge in [-0.05, 0) is 37.8 Å². The predicted octanol–water partition coefficient (Wildman–Crippen LogP) is 3.12. The van der Waals surface area contributed by atoms with E-state index in [-0.39, 0.29) is 6.61 Å². The molecular weight excluding hydrogens is 285 g/mol. The average Bonchev–Trinajstić information content (AvgIpc) is 3.21. The fourth-order valence-electron chi connectivity index (χ4n) is 1.90. The lowest BCUT2D eigenvalue weighted by Crippen LogP contribution is -2.37. The van der Waals surface area contributed by atoms with E-state index in [9.17, 15) is 5.11 Å². The van der Waals surface area contributed by atoms with Gasteiger partial charge in [0.25, 0.3) is 0 Å². The third kappa shape index (κ3) is 4.84. The second-order valence-corrected chi connectivity index (χ2v) is 5.89. The van der Waals surface area contributed by atoms with Crippen LogP contribution in [0.15, 0.2) is 18.2 Å². The Bertz CT molecular complexity index is 424. The molecule has 1 aromatic carbocycles. The van der Waals surface area contributed by atoms with E-state index in [4.69, 9.17) is 27.9 Å². The van der Waals surface area contributed by atoms with E-state index in [2.05, 4.69) is 12.2 Å². The van der Waals surface area contributed by atoms with Gasteiger partial charge in [-0.15, -0.1) is 0 Å². The highest BCUT2D eigenvalue weighted by Crippen LogP contribution is 2.32. The summed E-state index contributed by atoms with van der Waals surface area (Å²) in [6.07, 6.45) is 2.06. The van der Waals surface area contributed by atoms with Gasteiger partial charge >= 0.3 is 0 Å². The Kier molecular flexibility index (Phi) is 5.34. The molecule has 0 aliphatic heterocycles. The van der Waals surface area contributed by atoms with E-state index in [1.54, 1.807) is 18.2 Å². The van der Waals surface area contributed by atoms with Gasteiger partial charge in [0.15, 0.2) is 0 Å². The summed E-state index contributed by atoms with van der Waals surface area (Å²) < 4.78 is 5.48. The number of aliphatic hydroxyl groups is 1. The van der Waals surface area contributed by atoms with Crippen molar-refractivity contribution in [1.29, 1.82) is 0 Å². The van der Waals surface area contributed by atoms with Gasteiger partial charge in [0.05, 0.1) is 10.0 Å². The first kappa shape index (κ1) is 14.9. The van der Waals surface area contributed by atoms with Crippen LogP contribution in [-0.2, 0) is 0 Å². The fourth-order valence-corrected chi connectivity index (χ4v) is 2.19. The molecule has 0 radical (unpaired) electrons. The highest BCUT2D eigenvalue weighted by Gasteiger charge is 2.27. The molecular formula is C14H19Cl2NO2. The van der Waals surface area contributed by atoms with Crippen LogP contribution < -0.4 is 10.1 Å². The van der Waals surface area contributed by atoms with E-state index >= 15 is 0 Å². The first-order valence-corrected chi connectivity index (χ1v) is 7.31. The van der Waals surface area contributed by atoms with Crippen molar-refractivity contribution in [2.45, 2.75) is 31.9 Å². The zero-order chi connectivity index (χ0) is 13.8. The molecule has 2 atom stereocenters.